The van der Waals surface area contributed by atoms with Gasteiger partial charge >= 0.3 is 5.97 Å². The Kier molecular flexibility index (Phi) is 3.75. The molecule has 0 spiro atoms. The molecule has 1 amide bonds. The lowest BCUT2D eigenvalue weighted by Gasteiger charge is -2.39. The molecule has 134 valence electrons. The Labute approximate surface area is 148 Å². The van der Waals surface area contributed by atoms with Gasteiger partial charge < -0.3 is 19.6 Å². The van der Waals surface area contributed by atoms with Crippen molar-refractivity contribution in [2.45, 2.75) is 18.4 Å². The number of hydrogen-bond acceptors (Lipinski definition) is 3. The number of piperidine rings is 1. The van der Waals surface area contributed by atoms with Gasteiger partial charge in [0, 0.05) is 36.4 Å². The fourth-order valence-electron chi connectivity index (χ4n) is 3.56. The predicted octanol–water partition coefficient (Wildman–Crippen LogP) is 2.22. The Hall–Kier alpha value is -3.16. The van der Waals surface area contributed by atoms with Gasteiger partial charge in [-0.15, -0.1) is 0 Å². The lowest BCUT2D eigenvalue weighted by molar-refractivity contribution is -0.150. The predicted molar refractivity (Wildman–Crippen MR) is 91.2 cm³/mol. The van der Waals surface area contributed by atoms with Gasteiger partial charge in [0.15, 0.2) is 0 Å². The van der Waals surface area contributed by atoms with Gasteiger partial charge in [-0.2, -0.15) is 0 Å². The Morgan fingerprint density at radius 1 is 1.23 bits per heavy atom. The smallest absolute Gasteiger partial charge is 0.330 e. The Morgan fingerprint density at radius 2 is 2.00 bits per heavy atom. The van der Waals surface area contributed by atoms with Crippen LogP contribution in [0.25, 0.3) is 10.9 Å². The molecule has 0 radical (unpaired) electrons. The first-order valence-electron chi connectivity index (χ1n) is 8.29. The van der Waals surface area contributed by atoms with Crippen LogP contribution in [0.2, 0.25) is 0 Å². The van der Waals surface area contributed by atoms with Crippen LogP contribution in [0.3, 0.4) is 0 Å². The van der Waals surface area contributed by atoms with E-state index in [4.69, 9.17) is 0 Å². The van der Waals surface area contributed by atoms with Crippen LogP contribution in [0, 0.1) is 5.82 Å². The average molecular weight is 356 g/mol. The number of halogens is 1. The van der Waals surface area contributed by atoms with Gasteiger partial charge in [-0.05, 0) is 37.1 Å². The highest BCUT2D eigenvalue weighted by atomic mass is 19.1. The van der Waals surface area contributed by atoms with Gasteiger partial charge in [0.25, 0.3) is 5.91 Å². The summed E-state index contributed by atoms with van der Waals surface area (Å²) in [5.74, 6) is -1.50. The molecule has 7 nitrogen and oxygen atoms in total. The Morgan fingerprint density at radius 3 is 2.65 bits per heavy atom. The number of nitrogens with zero attached hydrogens (tertiary/aromatic N) is 3. The van der Waals surface area contributed by atoms with E-state index >= 15 is 0 Å². The third kappa shape index (κ3) is 2.54. The molecular formula is C18H17FN4O3. The van der Waals surface area contributed by atoms with Crippen molar-refractivity contribution >= 4 is 22.8 Å². The van der Waals surface area contributed by atoms with Crippen LogP contribution in [0.5, 0.6) is 0 Å². The zero-order valence-electron chi connectivity index (χ0n) is 13.9. The lowest BCUT2D eigenvalue weighted by Crippen LogP contribution is -2.52. The maximum Gasteiger partial charge on any atom is 0.330 e. The average Bonchev–Trinajstić information content (AvgIpc) is 3.30. The van der Waals surface area contributed by atoms with Crippen LogP contribution < -0.4 is 0 Å². The van der Waals surface area contributed by atoms with Crippen LogP contribution in [-0.4, -0.2) is 49.5 Å². The molecular weight excluding hydrogens is 339 g/mol. The van der Waals surface area contributed by atoms with Crippen molar-refractivity contribution in [1.82, 2.24) is 19.4 Å². The van der Waals surface area contributed by atoms with Crippen molar-refractivity contribution < 1.29 is 19.1 Å². The molecule has 2 N–H and O–H groups in total. The van der Waals surface area contributed by atoms with Crippen molar-refractivity contribution in [3.8, 4) is 0 Å². The number of fused-ring (bicyclic) bond motifs is 1. The molecule has 0 saturated carbocycles. The van der Waals surface area contributed by atoms with E-state index in [1.54, 1.807) is 34.0 Å². The van der Waals surface area contributed by atoms with Crippen LogP contribution in [-0.2, 0) is 10.3 Å². The van der Waals surface area contributed by atoms with Crippen LogP contribution in [0.15, 0.2) is 43.0 Å². The molecule has 1 aliphatic heterocycles. The highest BCUT2D eigenvalue weighted by molar-refractivity contribution is 5.98. The first-order valence-corrected chi connectivity index (χ1v) is 8.29. The molecule has 2 aromatic heterocycles. The zero-order valence-corrected chi connectivity index (χ0v) is 13.9. The van der Waals surface area contributed by atoms with Crippen LogP contribution in [0.4, 0.5) is 4.39 Å². The SMILES string of the molecule is O=C(c1cc2cc(F)ccc2[nH]1)N1CCC(C(=O)O)(n2ccnc2)CC1. The Bertz CT molecular complexity index is 972. The summed E-state index contributed by atoms with van der Waals surface area (Å²) >= 11 is 0. The number of hydrogen-bond donors (Lipinski definition) is 2. The molecule has 0 unspecified atom stereocenters. The second kappa shape index (κ2) is 5.98. The normalized spacial score (nSPS) is 16.7. The first-order chi connectivity index (χ1) is 12.5. The summed E-state index contributed by atoms with van der Waals surface area (Å²) in [7, 11) is 0. The second-order valence-electron chi connectivity index (χ2n) is 6.51. The van der Waals surface area contributed by atoms with E-state index in [0.717, 1.165) is 0 Å². The fourth-order valence-corrected chi connectivity index (χ4v) is 3.56. The fraction of sp³-hybridized carbons (Fsp3) is 0.278. The molecule has 3 aromatic rings. The summed E-state index contributed by atoms with van der Waals surface area (Å²) in [4.78, 5) is 33.2. The summed E-state index contributed by atoms with van der Waals surface area (Å²) < 4.78 is 14.9. The minimum atomic E-state index is -1.09. The first kappa shape index (κ1) is 16.3. The number of nitrogens with one attached hydrogen (secondary N) is 1. The van der Waals surface area contributed by atoms with Gasteiger partial charge in [-0.1, -0.05) is 0 Å². The number of aromatic amines is 1. The topological polar surface area (TPSA) is 91.2 Å². The van der Waals surface area contributed by atoms with E-state index in [9.17, 15) is 19.1 Å². The molecule has 8 heteroatoms. The molecule has 0 bridgehead atoms. The highest BCUT2D eigenvalue weighted by Crippen LogP contribution is 2.31. The van der Waals surface area contributed by atoms with Crippen molar-refractivity contribution in [2.75, 3.05) is 13.1 Å². The largest absolute Gasteiger partial charge is 0.479 e. The number of H-pyrrole nitrogens is 1. The number of benzene rings is 1. The number of carboxylic acids is 1. The molecule has 1 aromatic carbocycles. The molecule has 0 aliphatic carbocycles. The van der Waals surface area contributed by atoms with E-state index in [2.05, 4.69) is 9.97 Å². The van der Waals surface area contributed by atoms with E-state index < -0.39 is 11.5 Å². The number of rotatable bonds is 3. The third-order valence-electron chi connectivity index (χ3n) is 5.09. The molecule has 1 aliphatic rings. The molecule has 4 rings (SSSR count). The van der Waals surface area contributed by atoms with Crippen molar-refractivity contribution in [2.24, 2.45) is 0 Å². The van der Waals surface area contributed by atoms with Gasteiger partial charge in [0.2, 0.25) is 0 Å². The minimum Gasteiger partial charge on any atom is -0.479 e. The van der Waals surface area contributed by atoms with Gasteiger partial charge in [0.1, 0.15) is 17.1 Å². The second-order valence-corrected chi connectivity index (χ2v) is 6.51. The number of aromatic nitrogens is 3. The van der Waals surface area contributed by atoms with E-state index in [1.807, 2.05) is 0 Å². The molecule has 3 heterocycles. The summed E-state index contributed by atoms with van der Waals surface area (Å²) in [5.41, 5.74) is -0.0299. The Balaban J connectivity index is 1.55. The monoisotopic (exact) mass is 356 g/mol. The summed E-state index contributed by atoms with van der Waals surface area (Å²) in [6.07, 6.45) is 5.26. The summed E-state index contributed by atoms with van der Waals surface area (Å²) in [6.45, 7) is 0.625. The third-order valence-corrected chi connectivity index (χ3v) is 5.09. The molecule has 26 heavy (non-hydrogen) atoms. The highest BCUT2D eigenvalue weighted by Gasteiger charge is 2.44. The number of imidazole rings is 1. The number of aliphatic carboxylic acids is 1. The maximum atomic E-state index is 13.3. The number of carbonyl (C=O) groups is 2. The molecule has 0 atom stereocenters. The summed E-state index contributed by atoms with van der Waals surface area (Å²) in [5, 5.41) is 10.4. The standard InChI is InChI=1S/C18H17FN4O3/c19-13-1-2-14-12(9-13)10-15(21-14)16(24)22-6-3-18(4-7-22,17(25)26)23-8-5-20-11-23/h1-2,5,8-11,21H,3-4,6-7H2,(H,25,26). The van der Waals surface area contributed by atoms with Crippen molar-refractivity contribution in [3.63, 3.8) is 0 Å². The molecule has 1 fully saturated rings. The van der Waals surface area contributed by atoms with E-state index in [0.29, 0.717) is 42.5 Å². The van der Waals surface area contributed by atoms with E-state index in [1.165, 1.54) is 18.5 Å². The van der Waals surface area contributed by atoms with Crippen molar-refractivity contribution in [3.05, 3.63) is 54.5 Å². The van der Waals surface area contributed by atoms with Gasteiger partial charge in [0.05, 0.1) is 6.33 Å². The van der Waals surface area contributed by atoms with E-state index in [-0.39, 0.29) is 11.7 Å². The summed E-state index contributed by atoms with van der Waals surface area (Å²) in [6, 6.07) is 5.91. The van der Waals surface area contributed by atoms with Crippen LogP contribution >= 0.6 is 0 Å². The number of carboxylic acid groups (broad SMARTS) is 1. The maximum absolute atomic E-state index is 13.3. The van der Waals surface area contributed by atoms with Gasteiger partial charge in [-0.3, -0.25) is 4.79 Å². The zero-order chi connectivity index (χ0) is 18.3. The van der Waals surface area contributed by atoms with Crippen LogP contribution in [0.1, 0.15) is 23.3 Å². The number of amides is 1. The number of carbonyl (C=O) groups excluding carboxylic acids is 1. The quantitative estimate of drug-likeness (QED) is 0.753. The van der Waals surface area contributed by atoms with Crippen molar-refractivity contribution in [1.29, 1.82) is 0 Å². The molecule has 1 saturated heterocycles. The minimum absolute atomic E-state index is 0.216. The lowest BCUT2D eigenvalue weighted by atomic mass is 9.87. The van der Waals surface area contributed by atoms with Gasteiger partial charge in [-0.25, -0.2) is 14.2 Å². The number of likely N-dealkylation sites (tertiary alicyclic amines) is 1.